The molecule has 0 heterocycles. The molecule has 0 saturated carbocycles. The zero-order valence-electron chi connectivity index (χ0n) is 12.7. The maximum absolute atomic E-state index is 11.8. The van der Waals surface area contributed by atoms with Crippen molar-refractivity contribution >= 4 is 12.2 Å². The van der Waals surface area contributed by atoms with Crippen molar-refractivity contribution in [1.29, 1.82) is 0 Å². The minimum Gasteiger partial charge on any atom is -0.444 e. The van der Waals surface area contributed by atoms with Crippen LogP contribution in [0.5, 0.6) is 0 Å². The molecule has 1 aliphatic carbocycles. The van der Waals surface area contributed by atoms with Gasteiger partial charge in [0.2, 0.25) is 0 Å². The van der Waals surface area contributed by atoms with Gasteiger partial charge >= 0.3 is 6.09 Å². The lowest BCUT2D eigenvalue weighted by molar-refractivity contribution is 0.0506. The molecule has 1 atom stereocenters. The van der Waals surface area contributed by atoms with Crippen LogP contribution in [0.15, 0.2) is 24.3 Å². The Morgan fingerprint density at radius 1 is 1.30 bits per heavy atom. The van der Waals surface area contributed by atoms with E-state index in [2.05, 4.69) is 29.6 Å². The predicted octanol–water partition coefficient (Wildman–Crippen LogP) is 3.71. The number of nitrogens with one attached hydrogen (secondary N) is 1. The molecule has 1 N–H and O–H groups in total. The monoisotopic (exact) mass is 273 g/mol. The average molecular weight is 273 g/mol. The smallest absolute Gasteiger partial charge is 0.407 e. The van der Waals surface area contributed by atoms with E-state index in [1.807, 2.05) is 33.8 Å². The third-order valence-corrected chi connectivity index (χ3v) is 3.24. The second-order valence-corrected chi connectivity index (χ2v) is 6.28. The summed E-state index contributed by atoms with van der Waals surface area (Å²) in [5.74, 6) is 0. The molecule has 1 aromatic rings. The van der Waals surface area contributed by atoms with Gasteiger partial charge in [0.25, 0.3) is 0 Å². The van der Waals surface area contributed by atoms with Gasteiger partial charge in [-0.25, -0.2) is 4.79 Å². The average Bonchev–Trinajstić information content (AvgIpc) is 2.67. The molecule has 0 radical (unpaired) electrons. The number of ether oxygens (including phenoxy) is 1. The predicted molar refractivity (Wildman–Crippen MR) is 81.7 cm³/mol. The van der Waals surface area contributed by atoms with Crippen LogP contribution in [-0.4, -0.2) is 17.7 Å². The molecular formula is C17H23NO2. The number of carbonyl (C=O) groups excluding carboxylic acids is 1. The molecule has 0 aliphatic heterocycles. The largest absolute Gasteiger partial charge is 0.444 e. The molecule has 1 aromatic carbocycles. The number of hydrogen-bond acceptors (Lipinski definition) is 2. The van der Waals surface area contributed by atoms with Crippen LogP contribution in [0.1, 0.15) is 44.4 Å². The minimum atomic E-state index is -0.450. The summed E-state index contributed by atoms with van der Waals surface area (Å²) >= 11 is 0. The summed E-state index contributed by atoms with van der Waals surface area (Å²) in [6, 6.07) is 6.61. The van der Waals surface area contributed by atoms with Crippen molar-refractivity contribution < 1.29 is 9.53 Å². The van der Waals surface area contributed by atoms with Crippen molar-refractivity contribution in [3.63, 3.8) is 0 Å². The third kappa shape index (κ3) is 3.86. The molecule has 1 aliphatic rings. The summed E-state index contributed by atoms with van der Waals surface area (Å²) in [6.45, 7) is 7.64. The summed E-state index contributed by atoms with van der Waals surface area (Å²) in [5.41, 5.74) is 3.40. The van der Waals surface area contributed by atoms with Gasteiger partial charge in [-0.15, -0.1) is 0 Å². The van der Waals surface area contributed by atoms with E-state index < -0.39 is 5.60 Å². The highest BCUT2D eigenvalue weighted by atomic mass is 16.6. The number of benzene rings is 1. The van der Waals surface area contributed by atoms with Gasteiger partial charge in [0.15, 0.2) is 0 Å². The molecule has 0 saturated heterocycles. The number of carbonyl (C=O) groups is 1. The quantitative estimate of drug-likeness (QED) is 0.892. The van der Waals surface area contributed by atoms with Crippen LogP contribution in [0.4, 0.5) is 4.79 Å². The number of hydrogen-bond donors (Lipinski definition) is 1. The van der Waals surface area contributed by atoms with Gasteiger partial charge < -0.3 is 10.1 Å². The highest BCUT2D eigenvalue weighted by molar-refractivity contribution is 5.68. The van der Waals surface area contributed by atoms with Crippen molar-refractivity contribution in [2.75, 3.05) is 0 Å². The Balaban J connectivity index is 1.97. The molecule has 0 spiro atoms. The van der Waals surface area contributed by atoms with Gasteiger partial charge in [-0.1, -0.05) is 30.4 Å². The second-order valence-electron chi connectivity index (χ2n) is 6.28. The van der Waals surface area contributed by atoms with E-state index in [-0.39, 0.29) is 12.1 Å². The normalized spacial score (nSPS) is 18.1. The highest BCUT2D eigenvalue weighted by Gasteiger charge is 2.25. The standard InChI is InChI=1S/C17H23NO2/c1-5-6-12-7-8-13-10-15(11-14(13)9-12)18-16(19)20-17(2,3)4/h5-9,15H,10-11H2,1-4H3,(H,18,19)/b6-5+. The number of allylic oxidation sites excluding steroid dienone is 1. The second kappa shape index (κ2) is 5.70. The van der Waals surface area contributed by atoms with E-state index in [0.29, 0.717) is 0 Å². The minimum absolute atomic E-state index is 0.140. The van der Waals surface area contributed by atoms with E-state index in [1.165, 1.54) is 16.7 Å². The first-order valence-corrected chi connectivity index (χ1v) is 7.11. The lowest BCUT2D eigenvalue weighted by Crippen LogP contribution is -2.39. The number of fused-ring (bicyclic) bond motifs is 1. The summed E-state index contributed by atoms with van der Waals surface area (Å²) in [4.78, 5) is 11.8. The SMILES string of the molecule is C/C=C/c1ccc2c(c1)CC(NC(=O)OC(C)(C)C)C2. The fourth-order valence-electron chi connectivity index (χ4n) is 2.51. The molecule has 3 nitrogen and oxygen atoms in total. The van der Waals surface area contributed by atoms with E-state index in [4.69, 9.17) is 4.74 Å². The van der Waals surface area contributed by atoms with Crippen molar-refractivity contribution in [3.05, 3.63) is 41.0 Å². The van der Waals surface area contributed by atoms with E-state index in [9.17, 15) is 4.79 Å². The Hall–Kier alpha value is -1.77. The maximum Gasteiger partial charge on any atom is 0.407 e. The summed E-state index contributed by atoms with van der Waals surface area (Å²) in [7, 11) is 0. The summed E-state index contributed by atoms with van der Waals surface area (Å²) < 4.78 is 5.30. The Kier molecular flexibility index (Phi) is 4.17. The highest BCUT2D eigenvalue weighted by Crippen LogP contribution is 2.24. The Labute approximate surface area is 121 Å². The molecule has 1 amide bonds. The molecule has 0 bridgehead atoms. The zero-order valence-corrected chi connectivity index (χ0v) is 12.7. The molecular weight excluding hydrogens is 250 g/mol. The van der Waals surface area contributed by atoms with Gasteiger partial charge in [0, 0.05) is 6.04 Å². The Bertz CT molecular complexity index is 526. The Morgan fingerprint density at radius 3 is 2.65 bits per heavy atom. The summed E-state index contributed by atoms with van der Waals surface area (Å²) in [6.07, 6.45) is 5.55. The molecule has 108 valence electrons. The lowest BCUT2D eigenvalue weighted by Gasteiger charge is -2.21. The molecule has 1 unspecified atom stereocenters. The van der Waals surface area contributed by atoms with Crippen LogP contribution in [-0.2, 0) is 17.6 Å². The fraction of sp³-hybridized carbons (Fsp3) is 0.471. The number of amides is 1. The van der Waals surface area contributed by atoms with Gasteiger partial charge in [-0.2, -0.15) is 0 Å². The van der Waals surface area contributed by atoms with Crippen molar-refractivity contribution in [2.24, 2.45) is 0 Å². The van der Waals surface area contributed by atoms with Crippen LogP contribution in [0.3, 0.4) is 0 Å². The zero-order chi connectivity index (χ0) is 14.8. The molecule has 2 rings (SSSR count). The first kappa shape index (κ1) is 14.6. The first-order valence-electron chi connectivity index (χ1n) is 7.11. The van der Waals surface area contributed by atoms with E-state index in [0.717, 1.165) is 12.8 Å². The van der Waals surface area contributed by atoms with E-state index >= 15 is 0 Å². The van der Waals surface area contributed by atoms with Gasteiger partial charge in [-0.3, -0.25) is 0 Å². The van der Waals surface area contributed by atoms with Crippen LogP contribution in [0, 0.1) is 0 Å². The number of alkyl carbamates (subject to hydrolysis) is 1. The van der Waals surface area contributed by atoms with E-state index in [1.54, 1.807) is 0 Å². The van der Waals surface area contributed by atoms with Gasteiger partial charge in [0.1, 0.15) is 5.60 Å². The van der Waals surface area contributed by atoms with Crippen LogP contribution in [0.25, 0.3) is 6.08 Å². The molecule has 3 heteroatoms. The maximum atomic E-state index is 11.8. The van der Waals surface area contributed by atoms with Crippen molar-refractivity contribution in [3.8, 4) is 0 Å². The van der Waals surface area contributed by atoms with Crippen LogP contribution in [0.2, 0.25) is 0 Å². The third-order valence-electron chi connectivity index (χ3n) is 3.24. The molecule has 20 heavy (non-hydrogen) atoms. The molecule has 0 fully saturated rings. The van der Waals surface area contributed by atoms with Gasteiger partial charge in [-0.05, 0) is 57.2 Å². The molecule has 0 aromatic heterocycles. The van der Waals surface area contributed by atoms with Crippen molar-refractivity contribution in [1.82, 2.24) is 5.32 Å². The van der Waals surface area contributed by atoms with Gasteiger partial charge in [0.05, 0.1) is 0 Å². The van der Waals surface area contributed by atoms with Crippen LogP contribution >= 0.6 is 0 Å². The Morgan fingerprint density at radius 2 is 2.00 bits per heavy atom. The number of rotatable bonds is 2. The lowest BCUT2D eigenvalue weighted by atomic mass is 10.1. The van der Waals surface area contributed by atoms with Crippen LogP contribution < -0.4 is 5.32 Å². The first-order chi connectivity index (χ1) is 9.37. The topological polar surface area (TPSA) is 38.3 Å². The summed E-state index contributed by atoms with van der Waals surface area (Å²) in [5, 5.41) is 2.95. The van der Waals surface area contributed by atoms with Crippen molar-refractivity contribution in [2.45, 2.75) is 52.2 Å². The fourth-order valence-corrected chi connectivity index (χ4v) is 2.51.